The van der Waals surface area contributed by atoms with Gasteiger partial charge in [0.1, 0.15) is 0 Å². The predicted molar refractivity (Wildman–Crippen MR) is 109 cm³/mol. The molecule has 1 heterocycles. The molecule has 0 bridgehead atoms. The average Bonchev–Trinajstić information content (AvgIpc) is 3.08. The number of halogens is 2. The van der Waals surface area contributed by atoms with Gasteiger partial charge in [0.05, 0.1) is 28.0 Å². The van der Waals surface area contributed by atoms with Crippen LogP contribution in [0.15, 0.2) is 57.4 Å². The number of ether oxygens (including phenoxy) is 1. The second kappa shape index (κ2) is 8.47. The first-order valence-electron chi connectivity index (χ1n) is 7.59. The molecule has 0 saturated heterocycles. The Morgan fingerprint density at radius 3 is 2.84 bits per heavy atom. The molecule has 128 valence electrons. The van der Waals surface area contributed by atoms with Crippen LogP contribution in [0.2, 0.25) is 5.02 Å². The Hall–Kier alpha value is -1.89. The molecule has 25 heavy (non-hydrogen) atoms. The maximum absolute atomic E-state index is 6.23. The van der Waals surface area contributed by atoms with Gasteiger partial charge < -0.3 is 4.74 Å². The van der Waals surface area contributed by atoms with Gasteiger partial charge in [-0.1, -0.05) is 41.9 Å². The summed E-state index contributed by atoms with van der Waals surface area (Å²) in [5.74, 6) is 0.640. The van der Waals surface area contributed by atoms with Gasteiger partial charge in [-0.25, -0.2) is 4.98 Å². The lowest BCUT2D eigenvalue weighted by Crippen LogP contribution is -1.95. The molecule has 0 atom stereocenters. The van der Waals surface area contributed by atoms with Crippen LogP contribution >= 0.6 is 38.9 Å². The van der Waals surface area contributed by atoms with Gasteiger partial charge in [0, 0.05) is 10.9 Å². The molecule has 1 N–H and O–H groups in total. The standard InChI is InChI=1S/C18H15BrClN3OS/c1-2-24-17-14(19)8-12(9-15(17)20)10-21-23-18-22-16(11-25-18)13-6-4-3-5-7-13/h3-11H,2H2,1H3,(H,22,23). The Kier molecular flexibility index (Phi) is 6.07. The lowest BCUT2D eigenvalue weighted by Gasteiger charge is -2.08. The molecule has 2 aromatic carbocycles. The number of hydrazone groups is 1. The summed E-state index contributed by atoms with van der Waals surface area (Å²) in [6.45, 7) is 2.47. The average molecular weight is 437 g/mol. The SMILES string of the molecule is CCOc1c(Cl)cc(C=NNc2nc(-c3ccccc3)cs2)cc1Br. The number of aromatic nitrogens is 1. The molecule has 0 fully saturated rings. The third kappa shape index (κ3) is 4.60. The first-order valence-corrected chi connectivity index (χ1v) is 9.64. The number of rotatable bonds is 6. The highest BCUT2D eigenvalue weighted by atomic mass is 79.9. The van der Waals surface area contributed by atoms with Crippen molar-refractivity contribution >= 4 is 50.2 Å². The fourth-order valence-corrected chi connectivity index (χ4v) is 3.82. The summed E-state index contributed by atoms with van der Waals surface area (Å²) in [5, 5.41) is 7.49. The zero-order chi connectivity index (χ0) is 17.6. The Balaban J connectivity index is 1.69. The van der Waals surface area contributed by atoms with Crippen LogP contribution in [0.5, 0.6) is 5.75 Å². The van der Waals surface area contributed by atoms with Gasteiger partial charge in [-0.15, -0.1) is 11.3 Å². The molecule has 0 amide bonds. The number of hydrogen-bond donors (Lipinski definition) is 1. The van der Waals surface area contributed by atoms with Crippen LogP contribution in [-0.4, -0.2) is 17.8 Å². The van der Waals surface area contributed by atoms with Gasteiger partial charge in [0.25, 0.3) is 0 Å². The molecule has 3 rings (SSSR count). The van der Waals surface area contributed by atoms with E-state index in [1.165, 1.54) is 11.3 Å². The fourth-order valence-electron chi connectivity index (χ4n) is 2.16. The van der Waals surface area contributed by atoms with Gasteiger partial charge in [-0.05, 0) is 40.5 Å². The van der Waals surface area contributed by atoms with Crippen molar-refractivity contribution in [1.29, 1.82) is 0 Å². The first kappa shape index (κ1) is 17.9. The Morgan fingerprint density at radius 2 is 2.12 bits per heavy atom. The normalized spacial score (nSPS) is 11.0. The molecule has 0 radical (unpaired) electrons. The third-order valence-corrected chi connectivity index (χ3v) is 4.87. The topological polar surface area (TPSA) is 46.5 Å². The van der Waals surface area contributed by atoms with Crippen LogP contribution < -0.4 is 10.2 Å². The second-order valence-corrected chi connectivity index (χ2v) is 7.14. The van der Waals surface area contributed by atoms with Gasteiger partial charge in [0.15, 0.2) is 5.75 Å². The van der Waals surface area contributed by atoms with E-state index in [0.29, 0.717) is 17.4 Å². The summed E-state index contributed by atoms with van der Waals surface area (Å²) in [6, 6.07) is 13.7. The molecule has 0 aliphatic carbocycles. The van der Waals surface area contributed by atoms with Gasteiger partial charge in [-0.2, -0.15) is 5.10 Å². The Morgan fingerprint density at radius 1 is 1.32 bits per heavy atom. The van der Waals surface area contributed by atoms with Crippen LogP contribution in [0, 0.1) is 0 Å². The molecule has 1 aromatic heterocycles. The van der Waals surface area contributed by atoms with E-state index in [2.05, 4.69) is 31.4 Å². The zero-order valence-electron chi connectivity index (χ0n) is 13.4. The van der Waals surface area contributed by atoms with Gasteiger partial charge in [0.2, 0.25) is 5.13 Å². The zero-order valence-corrected chi connectivity index (χ0v) is 16.5. The summed E-state index contributed by atoms with van der Waals surface area (Å²) in [5.41, 5.74) is 5.81. The number of benzene rings is 2. The van der Waals surface area contributed by atoms with Crippen molar-refractivity contribution in [2.24, 2.45) is 5.10 Å². The van der Waals surface area contributed by atoms with Crippen molar-refractivity contribution in [3.05, 3.63) is 62.9 Å². The van der Waals surface area contributed by atoms with Crippen LogP contribution in [0.25, 0.3) is 11.3 Å². The van der Waals surface area contributed by atoms with Crippen molar-refractivity contribution < 1.29 is 4.74 Å². The molecule has 3 aromatic rings. The third-order valence-electron chi connectivity index (χ3n) is 3.26. The van der Waals surface area contributed by atoms with Crippen LogP contribution in [0.3, 0.4) is 0 Å². The van der Waals surface area contributed by atoms with E-state index < -0.39 is 0 Å². The summed E-state index contributed by atoms with van der Waals surface area (Å²) in [7, 11) is 0. The molecule has 0 spiro atoms. The monoisotopic (exact) mass is 435 g/mol. The molecule has 0 unspecified atom stereocenters. The lowest BCUT2D eigenvalue weighted by atomic mass is 10.2. The summed E-state index contributed by atoms with van der Waals surface area (Å²) in [4.78, 5) is 4.52. The molecule has 0 saturated carbocycles. The Bertz CT molecular complexity index is 860. The van der Waals surface area contributed by atoms with Gasteiger partial charge >= 0.3 is 0 Å². The van der Waals surface area contributed by atoms with E-state index in [9.17, 15) is 0 Å². The van der Waals surface area contributed by atoms with E-state index in [-0.39, 0.29) is 0 Å². The van der Waals surface area contributed by atoms with Crippen LogP contribution in [0.1, 0.15) is 12.5 Å². The minimum absolute atomic E-state index is 0.540. The van der Waals surface area contributed by atoms with E-state index in [0.717, 1.165) is 26.4 Å². The highest BCUT2D eigenvalue weighted by Gasteiger charge is 2.08. The molecular weight excluding hydrogens is 422 g/mol. The first-order chi connectivity index (χ1) is 12.2. The quantitative estimate of drug-likeness (QED) is 0.377. The van der Waals surface area contributed by atoms with Crippen molar-refractivity contribution in [3.8, 4) is 17.0 Å². The largest absolute Gasteiger partial charge is 0.491 e. The molecule has 0 aliphatic rings. The number of anilines is 1. The summed E-state index contributed by atoms with van der Waals surface area (Å²) in [6.07, 6.45) is 1.69. The summed E-state index contributed by atoms with van der Waals surface area (Å²) < 4.78 is 6.29. The number of hydrogen-bond acceptors (Lipinski definition) is 5. The van der Waals surface area contributed by atoms with E-state index >= 15 is 0 Å². The Labute approximate surface area is 163 Å². The lowest BCUT2D eigenvalue weighted by molar-refractivity contribution is 0.338. The molecule has 7 heteroatoms. The minimum Gasteiger partial charge on any atom is -0.491 e. The highest BCUT2D eigenvalue weighted by molar-refractivity contribution is 9.10. The maximum atomic E-state index is 6.23. The number of thiazole rings is 1. The fraction of sp³-hybridized carbons (Fsp3) is 0.111. The van der Waals surface area contributed by atoms with Crippen LogP contribution in [-0.2, 0) is 0 Å². The van der Waals surface area contributed by atoms with Crippen molar-refractivity contribution in [3.63, 3.8) is 0 Å². The summed E-state index contributed by atoms with van der Waals surface area (Å²) >= 11 is 11.2. The number of nitrogens with zero attached hydrogens (tertiary/aromatic N) is 2. The second-order valence-electron chi connectivity index (χ2n) is 5.02. The molecular formula is C18H15BrClN3OS. The van der Waals surface area contributed by atoms with E-state index in [1.54, 1.807) is 12.3 Å². The predicted octanol–water partition coefficient (Wildman–Crippen LogP) is 6.07. The maximum Gasteiger partial charge on any atom is 0.203 e. The number of nitrogens with one attached hydrogen (secondary N) is 1. The van der Waals surface area contributed by atoms with Crippen LogP contribution in [0.4, 0.5) is 5.13 Å². The molecule has 0 aliphatic heterocycles. The smallest absolute Gasteiger partial charge is 0.203 e. The van der Waals surface area contributed by atoms with Crippen molar-refractivity contribution in [2.45, 2.75) is 6.92 Å². The van der Waals surface area contributed by atoms with Crippen molar-refractivity contribution in [1.82, 2.24) is 4.98 Å². The van der Waals surface area contributed by atoms with E-state index in [1.807, 2.05) is 48.7 Å². The highest BCUT2D eigenvalue weighted by Crippen LogP contribution is 2.34. The minimum atomic E-state index is 0.540. The van der Waals surface area contributed by atoms with Crippen molar-refractivity contribution in [2.75, 3.05) is 12.0 Å². The van der Waals surface area contributed by atoms with Gasteiger partial charge in [-0.3, -0.25) is 5.43 Å². The molecule has 4 nitrogen and oxygen atoms in total. The van der Waals surface area contributed by atoms with E-state index in [4.69, 9.17) is 16.3 Å².